The molecule has 13 heteroatoms. The Morgan fingerprint density at radius 1 is 1.30 bits per heavy atom. The molecule has 1 amide bonds. The summed E-state index contributed by atoms with van der Waals surface area (Å²) in [6.07, 6.45) is 0.636. The van der Waals surface area contributed by atoms with Crippen molar-refractivity contribution < 1.29 is 39.7 Å². The Morgan fingerprint density at radius 2 is 1.95 bits per heavy atom. The van der Waals surface area contributed by atoms with Crippen LogP contribution in [0.2, 0.25) is 0 Å². The summed E-state index contributed by atoms with van der Waals surface area (Å²) in [5, 5.41) is 59.0. The third kappa shape index (κ3) is 3.56. The number of likely N-dealkylation sites (N-methyl/N-ethyl adjacent to an activating group) is 1. The lowest BCUT2D eigenvalue weighted by Crippen LogP contribution is -2.65. The summed E-state index contributed by atoms with van der Waals surface area (Å²) in [4.78, 5) is 51.1. The van der Waals surface area contributed by atoms with Crippen LogP contribution in [0.25, 0.3) is 5.76 Å². The number of benzene rings is 1. The van der Waals surface area contributed by atoms with E-state index >= 15 is 0 Å². The monoisotopic (exact) mass is 516 g/mol. The van der Waals surface area contributed by atoms with Crippen LogP contribution >= 0.6 is 0 Å². The number of aliphatic hydroxyl groups excluding tert-OH is 2. The molecule has 1 saturated carbocycles. The number of nitro benzene ring substituents is 1. The number of aliphatic hydroxyl groups is 3. The smallest absolute Gasteiger partial charge is 0.313 e. The number of anilines is 1. The topological polar surface area (TPSA) is 217 Å². The van der Waals surface area contributed by atoms with E-state index in [4.69, 9.17) is 5.73 Å². The Labute approximate surface area is 211 Å². The number of aromatic hydroxyl groups is 1. The normalized spacial score (nSPS) is 27.1. The maximum atomic E-state index is 13.8. The van der Waals surface area contributed by atoms with Gasteiger partial charge in [0.25, 0.3) is 5.91 Å². The van der Waals surface area contributed by atoms with E-state index in [1.54, 1.807) is 0 Å². The minimum atomic E-state index is -2.77. The minimum absolute atomic E-state index is 0.0339. The largest absolute Gasteiger partial charge is 0.508 e. The number of Topliss-reactive ketones (excluding diaryl/α,β-unsaturated/α-hetero) is 2. The molecule has 0 aliphatic heterocycles. The van der Waals surface area contributed by atoms with Crippen LogP contribution in [0.1, 0.15) is 30.9 Å². The molecule has 2 unspecified atom stereocenters. The highest BCUT2D eigenvalue weighted by Crippen LogP contribution is 2.54. The number of nitrogens with zero attached hydrogens (tertiary/aromatic N) is 2. The zero-order chi connectivity index (χ0) is 27.6. The number of phenols is 1. The number of nitrogens with two attached hydrogens (primary N) is 1. The SMILES string of the molecule is CCCNc1cc([N+](=O)[O-])c(O)c2c1CC1CC3[C@H](N(C)C)C(=O)C(C(N)=O)=C(O)[C@@]3(O)C(=O)C1=C2O. The quantitative estimate of drug-likeness (QED) is 0.134. The van der Waals surface area contributed by atoms with E-state index in [9.17, 15) is 44.9 Å². The van der Waals surface area contributed by atoms with Crippen molar-refractivity contribution in [2.75, 3.05) is 26.0 Å². The molecule has 3 aliphatic carbocycles. The number of nitrogens with one attached hydrogen (secondary N) is 1. The molecule has 13 nitrogen and oxygen atoms in total. The number of ketones is 2. The lowest BCUT2D eigenvalue weighted by atomic mass is 9.57. The van der Waals surface area contributed by atoms with Gasteiger partial charge in [0, 0.05) is 29.8 Å². The first-order valence-electron chi connectivity index (χ1n) is 11.7. The first-order valence-corrected chi connectivity index (χ1v) is 11.7. The molecule has 37 heavy (non-hydrogen) atoms. The number of carbonyl (C=O) groups excluding carboxylic acids is 3. The lowest BCUT2D eigenvalue weighted by Gasteiger charge is -2.50. The molecule has 1 aromatic carbocycles. The highest BCUT2D eigenvalue weighted by Gasteiger charge is 2.64. The fourth-order valence-corrected chi connectivity index (χ4v) is 5.85. The van der Waals surface area contributed by atoms with Gasteiger partial charge in [-0.25, -0.2) is 0 Å². The average Bonchev–Trinajstić information content (AvgIpc) is 2.80. The maximum absolute atomic E-state index is 13.8. The number of hydrogen-bond acceptors (Lipinski definition) is 11. The van der Waals surface area contributed by atoms with E-state index in [0.29, 0.717) is 24.2 Å². The standard InChI is InChI=1S/C24H28N4O9/c1-4-5-26-12-8-13(28(36)37)18(29)15-10(12)6-9-7-11-17(27(2)3)20(31)16(23(25)34)22(33)24(11,35)21(32)14(9)19(15)30/h8-9,11,17,26,29-30,33,35H,4-7H2,1-3H3,(H2,25,34)/t9?,11?,17-,24-/m0/s1. The van der Waals surface area contributed by atoms with Gasteiger partial charge in [-0.15, -0.1) is 0 Å². The molecular weight excluding hydrogens is 488 g/mol. The summed E-state index contributed by atoms with van der Waals surface area (Å²) in [6, 6.07) is -0.0378. The molecular formula is C24H28N4O9. The van der Waals surface area contributed by atoms with Crippen molar-refractivity contribution >= 4 is 34.6 Å². The van der Waals surface area contributed by atoms with Gasteiger partial charge in [0.1, 0.15) is 17.1 Å². The Balaban J connectivity index is 1.99. The molecule has 0 aromatic heterocycles. The van der Waals surface area contributed by atoms with E-state index < -0.39 is 74.4 Å². The molecule has 7 N–H and O–H groups in total. The Morgan fingerprint density at radius 3 is 2.49 bits per heavy atom. The van der Waals surface area contributed by atoms with Gasteiger partial charge >= 0.3 is 5.69 Å². The summed E-state index contributed by atoms with van der Waals surface area (Å²) in [7, 11) is 3.02. The molecule has 4 atom stereocenters. The first-order chi connectivity index (χ1) is 17.3. The molecule has 3 aliphatic rings. The maximum Gasteiger partial charge on any atom is 0.313 e. The van der Waals surface area contributed by atoms with Gasteiger partial charge in [-0.2, -0.15) is 0 Å². The number of amides is 1. The fourth-order valence-electron chi connectivity index (χ4n) is 5.85. The van der Waals surface area contributed by atoms with Crippen molar-refractivity contribution in [3.8, 4) is 5.75 Å². The average molecular weight is 517 g/mol. The highest BCUT2D eigenvalue weighted by atomic mass is 16.6. The van der Waals surface area contributed by atoms with Crippen LogP contribution in [-0.4, -0.2) is 80.0 Å². The molecule has 198 valence electrons. The number of phenolic OH excluding ortho intramolecular Hbond substituents is 1. The number of rotatable bonds is 6. The Kier molecular flexibility index (Phi) is 6.24. The summed E-state index contributed by atoms with van der Waals surface area (Å²) >= 11 is 0. The van der Waals surface area contributed by atoms with Crippen LogP contribution in [0.5, 0.6) is 5.75 Å². The zero-order valence-corrected chi connectivity index (χ0v) is 20.4. The van der Waals surface area contributed by atoms with E-state index in [-0.39, 0.29) is 24.0 Å². The second-order valence-electron chi connectivity index (χ2n) is 9.79. The van der Waals surface area contributed by atoms with Gasteiger partial charge in [0.15, 0.2) is 11.4 Å². The van der Waals surface area contributed by atoms with Crippen molar-refractivity contribution in [3.05, 3.63) is 44.2 Å². The fraction of sp³-hybridized carbons (Fsp3) is 0.458. The molecule has 0 radical (unpaired) electrons. The Bertz CT molecular complexity index is 1320. The Hall–Kier alpha value is -3.97. The first kappa shape index (κ1) is 26.1. The van der Waals surface area contributed by atoms with Crippen molar-refractivity contribution in [1.82, 2.24) is 4.90 Å². The number of hydrogen-bond donors (Lipinski definition) is 6. The predicted octanol–water partition coefficient (Wildman–Crippen LogP) is 0.694. The van der Waals surface area contributed by atoms with E-state index in [0.717, 1.165) is 6.07 Å². The van der Waals surface area contributed by atoms with E-state index in [1.165, 1.54) is 19.0 Å². The van der Waals surface area contributed by atoms with Gasteiger partial charge < -0.3 is 31.5 Å². The van der Waals surface area contributed by atoms with Crippen LogP contribution in [-0.2, 0) is 20.8 Å². The molecule has 0 spiro atoms. The van der Waals surface area contributed by atoms with Crippen molar-refractivity contribution in [2.45, 2.75) is 37.8 Å². The molecule has 1 aromatic rings. The number of nitro groups is 1. The van der Waals surface area contributed by atoms with Gasteiger partial charge in [-0.05, 0) is 44.8 Å². The van der Waals surface area contributed by atoms with Crippen LogP contribution in [0.3, 0.4) is 0 Å². The number of carbonyl (C=O) groups is 3. The lowest BCUT2D eigenvalue weighted by molar-refractivity contribution is -0.385. The second kappa shape index (κ2) is 8.85. The van der Waals surface area contributed by atoms with E-state index in [1.807, 2.05) is 6.92 Å². The van der Waals surface area contributed by atoms with Crippen LogP contribution in [0.4, 0.5) is 11.4 Å². The summed E-state index contributed by atoms with van der Waals surface area (Å²) in [6.45, 7) is 2.32. The summed E-state index contributed by atoms with van der Waals surface area (Å²) in [5.41, 5.74) is 0.844. The van der Waals surface area contributed by atoms with E-state index in [2.05, 4.69) is 5.32 Å². The third-order valence-corrected chi connectivity index (χ3v) is 7.46. The van der Waals surface area contributed by atoms with Gasteiger partial charge in [-0.3, -0.25) is 29.4 Å². The van der Waals surface area contributed by atoms with Crippen molar-refractivity contribution in [3.63, 3.8) is 0 Å². The molecule has 0 heterocycles. The number of fused-ring (bicyclic) bond motifs is 3. The van der Waals surface area contributed by atoms with Crippen LogP contribution in [0, 0.1) is 22.0 Å². The minimum Gasteiger partial charge on any atom is -0.508 e. The van der Waals surface area contributed by atoms with Crippen molar-refractivity contribution in [2.24, 2.45) is 17.6 Å². The van der Waals surface area contributed by atoms with Gasteiger partial charge in [0.2, 0.25) is 11.5 Å². The predicted molar refractivity (Wildman–Crippen MR) is 130 cm³/mol. The molecule has 0 bridgehead atoms. The van der Waals surface area contributed by atoms with Gasteiger partial charge in [-0.1, -0.05) is 6.92 Å². The molecule has 0 saturated heterocycles. The zero-order valence-electron chi connectivity index (χ0n) is 20.4. The summed E-state index contributed by atoms with van der Waals surface area (Å²) < 4.78 is 0. The van der Waals surface area contributed by atoms with Crippen molar-refractivity contribution in [1.29, 1.82) is 0 Å². The highest BCUT2D eigenvalue weighted by molar-refractivity contribution is 6.24. The van der Waals surface area contributed by atoms with Gasteiger partial charge in [0.05, 0.1) is 16.5 Å². The molecule has 4 rings (SSSR count). The van der Waals surface area contributed by atoms with Crippen LogP contribution < -0.4 is 11.1 Å². The second-order valence-corrected chi connectivity index (χ2v) is 9.79. The number of primary amides is 1. The molecule has 1 fully saturated rings. The third-order valence-electron chi connectivity index (χ3n) is 7.46. The van der Waals surface area contributed by atoms with Crippen LogP contribution in [0.15, 0.2) is 23.0 Å². The summed E-state index contributed by atoms with van der Waals surface area (Å²) in [5.74, 6) is -8.16.